The average molecular weight is 340 g/mol. The molecule has 1 amide bonds. The zero-order valence-corrected chi connectivity index (χ0v) is 14.3. The summed E-state index contributed by atoms with van der Waals surface area (Å²) in [5.74, 6) is 1.28. The topological polar surface area (TPSA) is 76.4 Å². The number of nitriles is 1. The maximum atomic E-state index is 12.4. The van der Waals surface area contributed by atoms with Gasteiger partial charge in [0.1, 0.15) is 6.04 Å². The largest absolute Gasteiger partial charge is 0.390 e. The van der Waals surface area contributed by atoms with Crippen LogP contribution in [0.15, 0.2) is 0 Å². The number of amides is 1. The number of halogens is 1. The van der Waals surface area contributed by atoms with E-state index in [0.29, 0.717) is 24.9 Å². The highest BCUT2D eigenvalue weighted by atomic mass is 35.5. The second-order valence-electron chi connectivity index (χ2n) is 8.19. The van der Waals surface area contributed by atoms with E-state index in [1.165, 1.54) is 6.42 Å². The predicted molar refractivity (Wildman–Crippen MR) is 88.0 cm³/mol. The molecule has 1 aliphatic heterocycles. The molecule has 5 fully saturated rings. The Bertz CT molecular complexity index is 518. The first-order valence-corrected chi connectivity index (χ1v) is 8.67. The molecule has 23 heavy (non-hydrogen) atoms. The van der Waals surface area contributed by atoms with Gasteiger partial charge in [0, 0.05) is 12.1 Å². The quantitative estimate of drug-likeness (QED) is 0.818. The summed E-state index contributed by atoms with van der Waals surface area (Å²) >= 11 is 0. The number of hydrogen-bond donors (Lipinski definition) is 2. The highest BCUT2D eigenvalue weighted by Gasteiger charge is 2.57. The third kappa shape index (κ3) is 2.97. The molecule has 2 unspecified atom stereocenters. The molecule has 3 atom stereocenters. The van der Waals surface area contributed by atoms with Crippen LogP contribution < -0.4 is 5.32 Å². The molecule has 128 valence electrons. The highest BCUT2D eigenvalue weighted by molar-refractivity contribution is 5.85. The van der Waals surface area contributed by atoms with Crippen molar-refractivity contribution in [1.82, 2.24) is 10.2 Å². The van der Waals surface area contributed by atoms with Crippen LogP contribution in [0.4, 0.5) is 0 Å². The number of likely N-dealkylation sites (tertiary alicyclic amines) is 1. The summed E-state index contributed by atoms with van der Waals surface area (Å²) < 4.78 is 0. The van der Waals surface area contributed by atoms with Crippen molar-refractivity contribution in [3.8, 4) is 6.07 Å². The molecule has 0 spiro atoms. The lowest BCUT2D eigenvalue weighted by molar-refractivity contribution is -0.147. The van der Waals surface area contributed by atoms with Crippen molar-refractivity contribution < 1.29 is 9.90 Å². The van der Waals surface area contributed by atoms with Crippen LogP contribution in [0.3, 0.4) is 0 Å². The Morgan fingerprint density at radius 1 is 1.30 bits per heavy atom. The Morgan fingerprint density at radius 2 is 2.00 bits per heavy atom. The van der Waals surface area contributed by atoms with Crippen molar-refractivity contribution in [1.29, 1.82) is 5.26 Å². The zero-order chi connectivity index (χ0) is 15.4. The van der Waals surface area contributed by atoms with Gasteiger partial charge in [-0.15, -0.1) is 12.4 Å². The standard InChI is InChI=1S/C17H25N3O2.ClH/c18-9-14-2-1-3-20(14)15(21)10-19-16-5-12-4-13(6-16)8-17(22,7-12)11-16;/h12-14,19,22H,1-8,10-11H2;1H/t12?,13?,14-,16?,17?;/m0./s1. The number of carbonyl (C=O) groups is 1. The van der Waals surface area contributed by atoms with Crippen LogP contribution in [0, 0.1) is 23.2 Å². The van der Waals surface area contributed by atoms with Crippen molar-refractivity contribution in [3.63, 3.8) is 0 Å². The van der Waals surface area contributed by atoms with E-state index in [0.717, 1.165) is 44.9 Å². The number of carbonyl (C=O) groups excluding carboxylic acids is 1. The Hall–Kier alpha value is -0.830. The molecule has 1 saturated heterocycles. The van der Waals surface area contributed by atoms with Crippen molar-refractivity contribution in [3.05, 3.63) is 0 Å². The van der Waals surface area contributed by atoms with E-state index in [2.05, 4.69) is 11.4 Å². The van der Waals surface area contributed by atoms with Crippen molar-refractivity contribution in [2.75, 3.05) is 13.1 Å². The van der Waals surface area contributed by atoms with Gasteiger partial charge in [-0.25, -0.2) is 0 Å². The number of nitrogens with zero attached hydrogens (tertiary/aromatic N) is 2. The van der Waals surface area contributed by atoms with Crippen LogP contribution in [0.25, 0.3) is 0 Å². The summed E-state index contributed by atoms with van der Waals surface area (Å²) in [5, 5.41) is 23.4. The number of hydrogen-bond acceptors (Lipinski definition) is 4. The predicted octanol–water partition coefficient (Wildman–Crippen LogP) is 1.60. The summed E-state index contributed by atoms with van der Waals surface area (Å²) in [4.78, 5) is 14.2. The van der Waals surface area contributed by atoms with Crippen molar-refractivity contribution in [2.45, 2.75) is 68.5 Å². The lowest BCUT2D eigenvalue weighted by Crippen LogP contribution is -2.65. The van der Waals surface area contributed by atoms with E-state index in [9.17, 15) is 9.90 Å². The molecule has 2 N–H and O–H groups in total. The third-order valence-electron chi connectivity index (χ3n) is 6.37. The van der Waals surface area contributed by atoms with Crippen molar-refractivity contribution in [2.24, 2.45) is 11.8 Å². The molecule has 4 bridgehead atoms. The smallest absolute Gasteiger partial charge is 0.237 e. The first kappa shape index (κ1) is 17.0. The van der Waals surface area contributed by atoms with Crippen molar-refractivity contribution >= 4 is 18.3 Å². The second kappa shape index (κ2) is 5.91. The average Bonchev–Trinajstić information content (AvgIpc) is 2.90. The minimum Gasteiger partial charge on any atom is -0.390 e. The van der Waals surface area contributed by atoms with Gasteiger partial charge in [0.05, 0.1) is 18.2 Å². The van der Waals surface area contributed by atoms with Crippen LogP contribution in [0.1, 0.15) is 51.4 Å². The maximum Gasteiger partial charge on any atom is 0.237 e. The Balaban J connectivity index is 0.00000156. The van der Waals surface area contributed by atoms with Gasteiger partial charge in [0.2, 0.25) is 5.91 Å². The van der Waals surface area contributed by atoms with Gasteiger partial charge in [0.15, 0.2) is 0 Å². The maximum absolute atomic E-state index is 12.4. The Labute approximate surface area is 143 Å². The second-order valence-corrected chi connectivity index (χ2v) is 8.19. The molecule has 0 aromatic rings. The fourth-order valence-corrected chi connectivity index (χ4v) is 5.99. The molecule has 0 aromatic heterocycles. The SMILES string of the molecule is Cl.N#C[C@@H]1CCCN1C(=O)CNC12CC3CC(CC(O)(C3)C1)C2. The summed E-state index contributed by atoms with van der Waals surface area (Å²) in [7, 11) is 0. The van der Waals surface area contributed by atoms with Gasteiger partial charge in [-0.05, 0) is 63.2 Å². The fourth-order valence-electron chi connectivity index (χ4n) is 5.99. The molecular formula is C17H26ClN3O2. The molecule has 4 saturated carbocycles. The molecular weight excluding hydrogens is 314 g/mol. The van der Waals surface area contributed by atoms with Gasteiger partial charge >= 0.3 is 0 Å². The van der Waals surface area contributed by atoms with Gasteiger partial charge in [-0.3, -0.25) is 4.79 Å². The Morgan fingerprint density at radius 3 is 2.61 bits per heavy atom. The molecule has 0 aromatic carbocycles. The van der Waals surface area contributed by atoms with E-state index < -0.39 is 5.60 Å². The molecule has 5 nitrogen and oxygen atoms in total. The van der Waals surface area contributed by atoms with Crippen LogP contribution in [-0.4, -0.2) is 46.2 Å². The summed E-state index contributed by atoms with van der Waals surface area (Å²) in [6.45, 7) is 1.02. The Kier molecular flexibility index (Phi) is 4.37. The summed E-state index contributed by atoms with van der Waals surface area (Å²) in [6, 6.07) is 1.99. The summed E-state index contributed by atoms with van der Waals surface area (Å²) in [6.07, 6.45) is 7.87. The molecule has 0 radical (unpaired) electrons. The number of aliphatic hydroxyl groups is 1. The van der Waals surface area contributed by atoms with Crippen LogP contribution >= 0.6 is 12.4 Å². The molecule has 4 aliphatic carbocycles. The van der Waals surface area contributed by atoms with Crippen LogP contribution in [0.5, 0.6) is 0 Å². The third-order valence-corrected chi connectivity index (χ3v) is 6.37. The van der Waals surface area contributed by atoms with Gasteiger partial charge < -0.3 is 15.3 Å². The zero-order valence-electron chi connectivity index (χ0n) is 13.5. The normalized spacial score (nSPS) is 44.0. The fraction of sp³-hybridized carbons (Fsp3) is 0.882. The van der Waals surface area contributed by atoms with E-state index >= 15 is 0 Å². The number of nitrogens with one attached hydrogen (secondary N) is 1. The lowest BCUT2D eigenvalue weighted by atomic mass is 9.51. The first-order valence-electron chi connectivity index (χ1n) is 8.67. The minimum atomic E-state index is -0.497. The van der Waals surface area contributed by atoms with E-state index in [4.69, 9.17) is 5.26 Å². The van der Waals surface area contributed by atoms with Gasteiger partial charge in [-0.1, -0.05) is 0 Å². The highest BCUT2D eigenvalue weighted by Crippen LogP contribution is 2.57. The van der Waals surface area contributed by atoms with E-state index in [1.54, 1.807) is 4.90 Å². The number of rotatable bonds is 3. The van der Waals surface area contributed by atoms with Crippen LogP contribution in [0.2, 0.25) is 0 Å². The lowest BCUT2D eigenvalue weighted by Gasteiger charge is -2.60. The molecule has 6 heteroatoms. The monoisotopic (exact) mass is 339 g/mol. The van der Waals surface area contributed by atoms with Crippen LogP contribution in [-0.2, 0) is 4.79 Å². The minimum absolute atomic E-state index is 0. The molecule has 5 rings (SSSR count). The molecule has 5 aliphatic rings. The first-order chi connectivity index (χ1) is 10.5. The molecule has 1 heterocycles. The summed E-state index contributed by atoms with van der Waals surface area (Å²) in [5.41, 5.74) is -0.542. The van der Waals surface area contributed by atoms with E-state index in [-0.39, 0.29) is 29.9 Å². The van der Waals surface area contributed by atoms with Gasteiger partial charge in [-0.2, -0.15) is 5.26 Å². The van der Waals surface area contributed by atoms with Gasteiger partial charge in [0.25, 0.3) is 0 Å². The van der Waals surface area contributed by atoms with E-state index in [1.807, 2.05) is 0 Å².